The minimum Gasteiger partial charge on any atom is -0.497 e. The molecule has 6 heteroatoms. The first kappa shape index (κ1) is 17.3. The van der Waals surface area contributed by atoms with Gasteiger partial charge in [-0.2, -0.15) is 0 Å². The van der Waals surface area contributed by atoms with Crippen molar-refractivity contribution in [1.82, 2.24) is 4.98 Å². The van der Waals surface area contributed by atoms with E-state index in [-0.39, 0.29) is 0 Å². The van der Waals surface area contributed by atoms with Gasteiger partial charge in [0.1, 0.15) is 5.75 Å². The highest BCUT2D eigenvalue weighted by atomic mass is 32.2. The topological polar surface area (TPSA) is 46.2 Å². The van der Waals surface area contributed by atoms with Crippen molar-refractivity contribution in [3.8, 4) is 5.75 Å². The maximum absolute atomic E-state index is 5.35. The zero-order valence-electron chi connectivity index (χ0n) is 13.6. The second-order valence-corrected chi connectivity index (χ2v) is 6.67. The van der Waals surface area contributed by atoms with Crippen molar-refractivity contribution in [3.63, 3.8) is 0 Å². The Morgan fingerprint density at radius 1 is 0.840 bits per heavy atom. The lowest BCUT2D eigenvalue weighted by Crippen LogP contribution is -2.18. The van der Waals surface area contributed by atoms with E-state index >= 15 is 0 Å². The third kappa shape index (κ3) is 5.20. The number of nitrogens with one attached hydrogen (secondary N) is 2. The van der Waals surface area contributed by atoms with Crippen LogP contribution in [0.4, 0.5) is 11.4 Å². The van der Waals surface area contributed by atoms with Crippen LogP contribution in [-0.4, -0.2) is 17.2 Å². The Labute approximate surface area is 156 Å². The number of pyridine rings is 1. The molecule has 0 spiro atoms. The van der Waals surface area contributed by atoms with E-state index in [1.54, 1.807) is 31.3 Å². The molecule has 0 saturated carbocycles. The van der Waals surface area contributed by atoms with Crippen LogP contribution in [0.1, 0.15) is 0 Å². The van der Waals surface area contributed by atoms with Crippen molar-refractivity contribution in [2.24, 2.45) is 0 Å². The van der Waals surface area contributed by atoms with Crippen LogP contribution < -0.4 is 15.4 Å². The van der Waals surface area contributed by atoms with E-state index in [9.17, 15) is 0 Å². The van der Waals surface area contributed by atoms with Gasteiger partial charge in [0.15, 0.2) is 5.11 Å². The molecule has 0 aliphatic carbocycles. The fraction of sp³-hybridized carbons (Fsp3) is 0.0526. The summed E-state index contributed by atoms with van der Waals surface area (Å²) in [5, 5.41) is 6.87. The molecule has 25 heavy (non-hydrogen) atoms. The third-order valence-electron chi connectivity index (χ3n) is 3.35. The summed E-state index contributed by atoms with van der Waals surface area (Å²) in [6.07, 6.45) is 3.59. The van der Waals surface area contributed by atoms with Gasteiger partial charge in [0.05, 0.1) is 7.11 Å². The van der Waals surface area contributed by atoms with Gasteiger partial charge >= 0.3 is 0 Å². The Balaban J connectivity index is 1.56. The van der Waals surface area contributed by atoms with E-state index in [0.717, 1.165) is 26.9 Å². The quantitative estimate of drug-likeness (QED) is 0.615. The second-order valence-electron chi connectivity index (χ2n) is 5.12. The molecule has 1 heterocycles. The van der Waals surface area contributed by atoms with Gasteiger partial charge in [0.25, 0.3) is 0 Å². The van der Waals surface area contributed by atoms with Gasteiger partial charge in [0, 0.05) is 33.6 Å². The third-order valence-corrected chi connectivity index (χ3v) is 4.57. The molecule has 2 aromatic carbocycles. The summed E-state index contributed by atoms with van der Waals surface area (Å²) in [7, 11) is 1.64. The second kappa shape index (κ2) is 8.50. The molecule has 0 saturated heterocycles. The Hall–Kier alpha value is -2.57. The number of anilines is 2. The molecule has 0 amide bonds. The molecule has 0 bridgehead atoms. The summed E-state index contributed by atoms with van der Waals surface area (Å²) >= 11 is 7.04. The highest BCUT2D eigenvalue weighted by molar-refractivity contribution is 7.99. The van der Waals surface area contributed by atoms with E-state index in [4.69, 9.17) is 17.0 Å². The Bertz CT molecular complexity index is 822. The lowest BCUT2D eigenvalue weighted by molar-refractivity contribution is 0.415. The van der Waals surface area contributed by atoms with Gasteiger partial charge in [-0.1, -0.05) is 11.8 Å². The smallest absolute Gasteiger partial charge is 0.175 e. The summed E-state index contributed by atoms with van der Waals surface area (Å²) in [5.74, 6) is 0.812. The number of aromatic nitrogens is 1. The number of nitrogens with zero attached hydrogens (tertiary/aromatic N) is 1. The van der Waals surface area contributed by atoms with E-state index in [0.29, 0.717) is 5.11 Å². The molecular formula is C19H17N3OS2. The van der Waals surface area contributed by atoms with Crippen LogP contribution in [0, 0.1) is 0 Å². The Morgan fingerprint density at radius 3 is 1.92 bits per heavy atom. The predicted octanol–water partition coefficient (Wildman–Crippen LogP) is 5.05. The number of rotatable bonds is 5. The molecule has 0 fully saturated rings. The summed E-state index contributed by atoms with van der Waals surface area (Å²) < 4.78 is 5.14. The average molecular weight is 367 g/mol. The van der Waals surface area contributed by atoms with Gasteiger partial charge in [0.2, 0.25) is 0 Å². The Morgan fingerprint density at radius 2 is 1.36 bits per heavy atom. The van der Waals surface area contributed by atoms with Crippen LogP contribution in [0.3, 0.4) is 0 Å². The van der Waals surface area contributed by atoms with Crippen molar-refractivity contribution in [2.45, 2.75) is 9.79 Å². The number of thiocarbonyl (C=S) groups is 1. The molecule has 0 aliphatic heterocycles. The number of ether oxygens (including phenoxy) is 1. The molecule has 0 radical (unpaired) electrons. The van der Waals surface area contributed by atoms with Crippen LogP contribution in [0.15, 0.2) is 82.8 Å². The van der Waals surface area contributed by atoms with E-state index in [2.05, 4.69) is 27.8 Å². The number of benzene rings is 2. The van der Waals surface area contributed by atoms with E-state index < -0.39 is 0 Å². The van der Waals surface area contributed by atoms with Gasteiger partial charge in [-0.25, -0.2) is 0 Å². The highest BCUT2D eigenvalue weighted by Gasteiger charge is 2.01. The summed E-state index contributed by atoms with van der Waals surface area (Å²) in [4.78, 5) is 6.34. The molecule has 2 N–H and O–H groups in total. The van der Waals surface area contributed by atoms with Crippen LogP contribution >= 0.6 is 24.0 Å². The maximum Gasteiger partial charge on any atom is 0.175 e. The van der Waals surface area contributed by atoms with E-state index in [1.165, 1.54) is 0 Å². The number of hydrogen-bond acceptors (Lipinski definition) is 4. The summed E-state index contributed by atoms with van der Waals surface area (Å²) in [6, 6.07) is 19.7. The monoisotopic (exact) mass is 367 g/mol. The first-order valence-corrected chi connectivity index (χ1v) is 8.85. The zero-order valence-corrected chi connectivity index (χ0v) is 15.2. The average Bonchev–Trinajstić information content (AvgIpc) is 2.65. The summed E-state index contributed by atoms with van der Waals surface area (Å²) in [6.45, 7) is 0. The van der Waals surface area contributed by atoms with Crippen LogP contribution in [0.5, 0.6) is 5.75 Å². The molecule has 0 atom stereocenters. The van der Waals surface area contributed by atoms with Gasteiger partial charge < -0.3 is 15.4 Å². The molecule has 3 aromatic rings. The molecule has 3 rings (SSSR count). The van der Waals surface area contributed by atoms with Crippen molar-refractivity contribution < 1.29 is 4.74 Å². The minimum atomic E-state index is 0.541. The molecule has 1 aromatic heterocycles. The van der Waals surface area contributed by atoms with Crippen LogP contribution in [-0.2, 0) is 0 Å². The largest absolute Gasteiger partial charge is 0.497 e. The molecular weight excluding hydrogens is 350 g/mol. The molecule has 0 aliphatic rings. The number of hydrogen-bond donors (Lipinski definition) is 2. The lowest BCUT2D eigenvalue weighted by atomic mass is 10.3. The fourth-order valence-corrected chi connectivity index (χ4v) is 3.15. The molecule has 4 nitrogen and oxygen atoms in total. The predicted molar refractivity (Wildman–Crippen MR) is 108 cm³/mol. The van der Waals surface area contributed by atoms with Gasteiger partial charge in [-0.15, -0.1) is 0 Å². The number of methoxy groups -OCH3 is 1. The van der Waals surface area contributed by atoms with Gasteiger partial charge in [-0.3, -0.25) is 4.98 Å². The SMILES string of the molecule is COc1ccc(NC(=S)Nc2ccc(Sc3ccncc3)cc2)cc1. The van der Waals surface area contributed by atoms with Crippen molar-refractivity contribution in [1.29, 1.82) is 0 Å². The Kier molecular flexibility index (Phi) is 5.87. The first-order chi connectivity index (χ1) is 12.2. The van der Waals surface area contributed by atoms with Gasteiger partial charge in [-0.05, 0) is 72.9 Å². The van der Waals surface area contributed by atoms with Crippen molar-refractivity contribution in [3.05, 3.63) is 73.1 Å². The zero-order chi connectivity index (χ0) is 17.5. The molecule has 126 valence electrons. The van der Waals surface area contributed by atoms with Crippen molar-refractivity contribution in [2.75, 3.05) is 17.7 Å². The minimum absolute atomic E-state index is 0.541. The highest BCUT2D eigenvalue weighted by Crippen LogP contribution is 2.27. The lowest BCUT2D eigenvalue weighted by Gasteiger charge is -2.11. The van der Waals surface area contributed by atoms with Crippen LogP contribution in [0.2, 0.25) is 0 Å². The van der Waals surface area contributed by atoms with E-state index in [1.807, 2.05) is 48.5 Å². The summed E-state index contributed by atoms with van der Waals surface area (Å²) in [5.41, 5.74) is 1.84. The molecule has 0 unspecified atom stereocenters. The maximum atomic E-state index is 5.35. The van der Waals surface area contributed by atoms with Crippen molar-refractivity contribution >= 4 is 40.5 Å². The first-order valence-electron chi connectivity index (χ1n) is 7.63. The van der Waals surface area contributed by atoms with Crippen LogP contribution in [0.25, 0.3) is 0 Å². The standard InChI is InChI=1S/C19H17N3OS2/c1-23-16-6-2-14(3-7-16)21-19(24)22-15-4-8-17(9-5-15)25-18-10-12-20-13-11-18/h2-13H,1H3,(H2,21,22,24). The fourth-order valence-electron chi connectivity index (χ4n) is 2.12. The normalized spacial score (nSPS) is 10.1.